The lowest BCUT2D eigenvalue weighted by Gasteiger charge is -2.46. The predicted molar refractivity (Wildman–Crippen MR) is 84.4 cm³/mol. The zero-order chi connectivity index (χ0) is 15.1. The second-order valence-electron chi connectivity index (χ2n) is 6.44. The molecule has 0 radical (unpaired) electrons. The monoisotopic (exact) mass is 299 g/mol. The van der Waals surface area contributed by atoms with Gasteiger partial charge in [-0.3, -0.25) is 0 Å². The normalized spacial score (nSPS) is 27.1. The van der Waals surface area contributed by atoms with Gasteiger partial charge in [-0.05, 0) is 52.5 Å². The minimum atomic E-state index is -0.145. The molecule has 1 aliphatic heterocycles. The minimum absolute atomic E-state index is 0.138. The SMILES string of the molecule is CCOC(OCC)C(NC)C1CCOC2(CCCCC2)C1. The average Bonchev–Trinajstić information content (AvgIpc) is 2.49. The van der Waals surface area contributed by atoms with E-state index in [1.165, 1.54) is 32.1 Å². The molecule has 0 bridgehead atoms. The first kappa shape index (κ1) is 17.2. The molecule has 0 aromatic carbocycles. The van der Waals surface area contributed by atoms with Crippen LogP contribution in [0.4, 0.5) is 0 Å². The maximum atomic E-state index is 6.22. The standard InChI is InChI=1S/C17H33NO3/c1-4-19-16(20-5-2)15(18-3)14-9-12-21-17(13-14)10-7-6-8-11-17/h14-16,18H,4-13H2,1-3H3. The molecule has 0 amide bonds. The lowest BCUT2D eigenvalue weighted by atomic mass is 9.74. The van der Waals surface area contributed by atoms with Crippen LogP contribution in [0.2, 0.25) is 0 Å². The van der Waals surface area contributed by atoms with Gasteiger partial charge in [0.2, 0.25) is 0 Å². The molecule has 2 unspecified atom stereocenters. The first-order chi connectivity index (χ1) is 10.2. The number of hydrogen-bond acceptors (Lipinski definition) is 4. The van der Waals surface area contributed by atoms with Crippen molar-refractivity contribution in [3.05, 3.63) is 0 Å². The molecule has 1 spiro atoms. The van der Waals surface area contributed by atoms with Crippen LogP contribution in [0.25, 0.3) is 0 Å². The summed E-state index contributed by atoms with van der Waals surface area (Å²) >= 11 is 0. The summed E-state index contributed by atoms with van der Waals surface area (Å²) in [7, 11) is 2.03. The number of nitrogens with one attached hydrogen (secondary N) is 1. The Labute approximate surface area is 129 Å². The highest BCUT2D eigenvalue weighted by molar-refractivity contribution is 4.93. The van der Waals surface area contributed by atoms with Gasteiger partial charge < -0.3 is 19.5 Å². The van der Waals surface area contributed by atoms with E-state index in [9.17, 15) is 0 Å². The van der Waals surface area contributed by atoms with Gasteiger partial charge in [0.05, 0.1) is 11.6 Å². The molecule has 21 heavy (non-hydrogen) atoms. The van der Waals surface area contributed by atoms with E-state index < -0.39 is 0 Å². The van der Waals surface area contributed by atoms with Gasteiger partial charge >= 0.3 is 0 Å². The van der Waals surface area contributed by atoms with Crippen molar-refractivity contribution in [3.8, 4) is 0 Å². The number of hydrogen-bond donors (Lipinski definition) is 1. The van der Waals surface area contributed by atoms with Crippen LogP contribution in [-0.2, 0) is 14.2 Å². The van der Waals surface area contributed by atoms with Gasteiger partial charge in [0.25, 0.3) is 0 Å². The van der Waals surface area contributed by atoms with E-state index in [4.69, 9.17) is 14.2 Å². The van der Waals surface area contributed by atoms with E-state index in [2.05, 4.69) is 5.32 Å². The summed E-state index contributed by atoms with van der Waals surface area (Å²) in [5, 5.41) is 3.46. The topological polar surface area (TPSA) is 39.7 Å². The van der Waals surface area contributed by atoms with Crippen molar-refractivity contribution in [2.45, 2.75) is 76.7 Å². The van der Waals surface area contributed by atoms with E-state index in [-0.39, 0.29) is 17.9 Å². The Morgan fingerprint density at radius 1 is 1.14 bits per heavy atom. The molecule has 4 heteroatoms. The van der Waals surface area contributed by atoms with Crippen molar-refractivity contribution in [1.82, 2.24) is 5.32 Å². The van der Waals surface area contributed by atoms with Crippen LogP contribution in [0.1, 0.15) is 58.8 Å². The highest BCUT2D eigenvalue weighted by Crippen LogP contribution is 2.42. The summed E-state index contributed by atoms with van der Waals surface area (Å²) in [6, 6.07) is 0.257. The Hall–Kier alpha value is -0.160. The quantitative estimate of drug-likeness (QED) is 0.733. The third-order valence-electron chi connectivity index (χ3n) is 5.09. The van der Waals surface area contributed by atoms with Crippen molar-refractivity contribution in [1.29, 1.82) is 0 Å². The van der Waals surface area contributed by atoms with E-state index in [0.29, 0.717) is 19.1 Å². The summed E-state index contributed by atoms with van der Waals surface area (Å²) in [5.74, 6) is 0.574. The third-order valence-corrected chi connectivity index (χ3v) is 5.09. The first-order valence-corrected chi connectivity index (χ1v) is 8.79. The van der Waals surface area contributed by atoms with Crippen LogP contribution in [0, 0.1) is 5.92 Å². The van der Waals surface area contributed by atoms with Crippen LogP contribution in [0.5, 0.6) is 0 Å². The summed E-state index contributed by atoms with van der Waals surface area (Å²) in [6.07, 6.45) is 8.56. The van der Waals surface area contributed by atoms with Crippen molar-refractivity contribution < 1.29 is 14.2 Å². The fourth-order valence-electron chi connectivity index (χ4n) is 4.09. The van der Waals surface area contributed by atoms with Gasteiger partial charge in [0.15, 0.2) is 6.29 Å². The summed E-state index contributed by atoms with van der Waals surface area (Å²) in [4.78, 5) is 0. The molecule has 4 nitrogen and oxygen atoms in total. The minimum Gasteiger partial charge on any atom is -0.375 e. The van der Waals surface area contributed by atoms with Crippen molar-refractivity contribution in [3.63, 3.8) is 0 Å². The zero-order valence-electron chi connectivity index (χ0n) is 14.0. The lowest BCUT2D eigenvalue weighted by Crippen LogP contribution is -2.52. The second-order valence-corrected chi connectivity index (χ2v) is 6.44. The summed E-state index contributed by atoms with van der Waals surface area (Å²) in [5.41, 5.74) is 0.138. The molecular formula is C17H33NO3. The first-order valence-electron chi connectivity index (χ1n) is 8.79. The van der Waals surface area contributed by atoms with Gasteiger partial charge in [-0.1, -0.05) is 19.3 Å². The molecule has 1 saturated heterocycles. The van der Waals surface area contributed by atoms with Gasteiger partial charge in [-0.25, -0.2) is 0 Å². The Kier molecular flexibility index (Phi) is 6.93. The van der Waals surface area contributed by atoms with Gasteiger partial charge in [0.1, 0.15) is 0 Å². The van der Waals surface area contributed by atoms with Gasteiger partial charge in [-0.15, -0.1) is 0 Å². The van der Waals surface area contributed by atoms with E-state index in [1.54, 1.807) is 0 Å². The zero-order valence-corrected chi connectivity index (χ0v) is 14.0. The van der Waals surface area contributed by atoms with Gasteiger partial charge in [0, 0.05) is 19.8 Å². The third kappa shape index (κ3) is 4.41. The summed E-state index contributed by atoms with van der Waals surface area (Å²) < 4.78 is 17.9. The fraction of sp³-hybridized carbons (Fsp3) is 1.00. The van der Waals surface area contributed by atoms with Crippen molar-refractivity contribution in [2.24, 2.45) is 5.92 Å². The highest BCUT2D eigenvalue weighted by Gasteiger charge is 2.42. The average molecular weight is 299 g/mol. The molecule has 0 aromatic heterocycles. The molecule has 1 heterocycles. The van der Waals surface area contributed by atoms with Crippen LogP contribution < -0.4 is 5.32 Å². The van der Waals surface area contributed by atoms with Crippen LogP contribution >= 0.6 is 0 Å². The number of rotatable bonds is 7. The van der Waals surface area contributed by atoms with Crippen LogP contribution in [-0.4, -0.2) is 44.8 Å². The van der Waals surface area contributed by atoms with Crippen molar-refractivity contribution >= 4 is 0 Å². The van der Waals surface area contributed by atoms with Gasteiger partial charge in [-0.2, -0.15) is 0 Å². The highest BCUT2D eigenvalue weighted by atomic mass is 16.7. The smallest absolute Gasteiger partial charge is 0.172 e. The molecule has 2 atom stereocenters. The summed E-state index contributed by atoms with van der Waals surface area (Å²) in [6.45, 7) is 6.33. The Morgan fingerprint density at radius 2 is 1.81 bits per heavy atom. The largest absolute Gasteiger partial charge is 0.375 e. The molecule has 0 aromatic rings. The fourth-order valence-corrected chi connectivity index (χ4v) is 4.09. The molecule has 1 N–H and O–H groups in total. The maximum Gasteiger partial charge on any atom is 0.172 e. The van der Waals surface area contributed by atoms with Crippen LogP contribution in [0.15, 0.2) is 0 Å². The number of ether oxygens (including phenoxy) is 3. The van der Waals surface area contributed by atoms with E-state index in [1.807, 2.05) is 20.9 Å². The Morgan fingerprint density at radius 3 is 2.38 bits per heavy atom. The molecule has 2 fully saturated rings. The molecule has 124 valence electrons. The Bertz CT molecular complexity index is 280. The predicted octanol–water partition coefficient (Wildman–Crippen LogP) is 3.10. The lowest BCUT2D eigenvalue weighted by molar-refractivity contribution is -0.181. The molecule has 1 aliphatic carbocycles. The van der Waals surface area contributed by atoms with E-state index in [0.717, 1.165) is 19.4 Å². The molecule has 1 saturated carbocycles. The van der Waals surface area contributed by atoms with Crippen LogP contribution in [0.3, 0.4) is 0 Å². The molecular weight excluding hydrogens is 266 g/mol. The molecule has 2 aliphatic rings. The molecule has 2 rings (SSSR count). The van der Waals surface area contributed by atoms with E-state index >= 15 is 0 Å². The number of likely N-dealkylation sites (N-methyl/N-ethyl adjacent to an activating group) is 1. The second kappa shape index (κ2) is 8.47. The van der Waals surface area contributed by atoms with Crippen molar-refractivity contribution in [2.75, 3.05) is 26.9 Å². The Balaban J connectivity index is 2.02. The maximum absolute atomic E-state index is 6.22.